The van der Waals surface area contributed by atoms with Crippen LogP contribution in [-0.2, 0) is 19.6 Å². The highest BCUT2D eigenvalue weighted by Gasteiger charge is 2.23. The largest absolute Gasteiger partial charge is 0.392 e. The number of rotatable bonds is 4. The molecule has 0 saturated heterocycles. The first-order valence-electron chi connectivity index (χ1n) is 8.46. The van der Waals surface area contributed by atoms with E-state index in [1.54, 1.807) is 0 Å². The summed E-state index contributed by atoms with van der Waals surface area (Å²) in [6.07, 6.45) is 3.51. The summed E-state index contributed by atoms with van der Waals surface area (Å²) >= 11 is 3.59. The molecule has 0 aliphatic heterocycles. The number of hydrogen-bond donors (Lipinski definition) is 3. The van der Waals surface area contributed by atoms with Crippen LogP contribution in [0.15, 0.2) is 46.9 Å². The zero-order chi connectivity index (χ0) is 16.5. The number of aliphatic hydroxyl groups excluding tert-OH is 1. The van der Waals surface area contributed by atoms with Crippen LogP contribution in [0.2, 0.25) is 0 Å². The second-order valence-corrected chi connectivity index (χ2v) is 7.43. The molecule has 3 aromatic rings. The van der Waals surface area contributed by atoms with Crippen molar-refractivity contribution in [3.63, 3.8) is 0 Å². The Hall–Kier alpha value is -1.62. The molecule has 0 amide bonds. The third-order valence-electron chi connectivity index (χ3n) is 4.90. The molecule has 1 heterocycles. The van der Waals surface area contributed by atoms with Gasteiger partial charge in [0.2, 0.25) is 0 Å². The normalized spacial score (nSPS) is 17.2. The van der Waals surface area contributed by atoms with Gasteiger partial charge >= 0.3 is 0 Å². The first-order chi connectivity index (χ1) is 11.7. The number of aromatic nitrogens is 1. The third-order valence-corrected chi connectivity index (χ3v) is 5.39. The Kier molecular flexibility index (Phi) is 4.44. The maximum absolute atomic E-state index is 9.28. The summed E-state index contributed by atoms with van der Waals surface area (Å²) in [4.78, 5) is 3.63. The predicted octanol–water partition coefficient (Wildman–Crippen LogP) is 4.59. The quantitative estimate of drug-likeness (QED) is 0.615. The van der Waals surface area contributed by atoms with E-state index in [1.165, 1.54) is 34.1 Å². The van der Waals surface area contributed by atoms with Crippen molar-refractivity contribution in [1.82, 2.24) is 10.3 Å². The molecule has 0 saturated carbocycles. The van der Waals surface area contributed by atoms with Gasteiger partial charge in [-0.25, -0.2) is 0 Å². The van der Waals surface area contributed by atoms with Gasteiger partial charge in [-0.2, -0.15) is 0 Å². The fraction of sp³-hybridized carbons (Fsp3) is 0.300. The van der Waals surface area contributed by atoms with Gasteiger partial charge in [-0.3, -0.25) is 0 Å². The van der Waals surface area contributed by atoms with Crippen LogP contribution in [0.4, 0.5) is 0 Å². The molecule has 1 atom stereocenters. The molecule has 0 radical (unpaired) electrons. The standard InChI is InChI=1S/C20H21BrN2O/c21-15-7-8-18-17(10-15)16-5-2-6-19(20(16)23-18)22-11-13-3-1-4-14(9-13)12-24/h1,3-4,7-10,19,22-24H,2,5-6,11-12H2. The highest BCUT2D eigenvalue weighted by Crippen LogP contribution is 2.35. The van der Waals surface area contributed by atoms with Crippen molar-refractivity contribution < 1.29 is 5.11 Å². The van der Waals surface area contributed by atoms with Crippen molar-refractivity contribution in [2.75, 3.05) is 0 Å². The minimum absolute atomic E-state index is 0.0955. The van der Waals surface area contributed by atoms with Gasteiger partial charge in [-0.1, -0.05) is 40.2 Å². The van der Waals surface area contributed by atoms with Gasteiger partial charge in [0.15, 0.2) is 0 Å². The smallest absolute Gasteiger partial charge is 0.0681 e. The van der Waals surface area contributed by atoms with Crippen LogP contribution >= 0.6 is 15.9 Å². The van der Waals surface area contributed by atoms with Gasteiger partial charge < -0.3 is 15.4 Å². The van der Waals surface area contributed by atoms with Crippen molar-refractivity contribution >= 4 is 26.8 Å². The second-order valence-electron chi connectivity index (χ2n) is 6.51. The van der Waals surface area contributed by atoms with Crippen LogP contribution in [0, 0.1) is 0 Å². The number of aryl methyl sites for hydroxylation is 1. The van der Waals surface area contributed by atoms with E-state index in [-0.39, 0.29) is 6.61 Å². The monoisotopic (exact) mass is 384 g/mol. The van der Waals surface area contributed by atoms with E-state index in [9.17, 15) is 5.11 Å². The summed E-state index contributed by atoms with van der Waals surface area (Å²) in [5.41, 5.74) is 6.20. The Bertz CT molecular complexity index is 871. The Labute approximate surface area is 150 Å². The molecule has 0 fully saturated rings. The summed E-state index contributed by atoms with van der Waals surface area (Å²) < 4.78 is 1.13. The van der Waals surface area contributed by atoms with Crippen molar-refractivity contribution in [3.8, 4) is 0 Å². The predicted molar refractivity (Wildman–Crippen MR) is 101 cm³/mol. The van der Waals surface area contributed by atoms with Crippen LogP contribution in [0.25, 0.3) is 10.9 Å². The Morgan fingerprint density at radius 3 is 2.92 bits per heavy atom. The molecule has 3 nitrogen and oxygen atoms in total. The SMILES string of the molecule is OCc1cccc(CNC2CCCc3c2[nH]c2ccc(Br)cc32)c1. The van der Waals surface area contributed by atoms with E-state index in [0.717, 1.165) is 29.4 Å². The molecule has 1 aliphatic rings. The van der Waals surface area contributed by atoms with Crippen LogP contribution in [0.3, 0.4) is 0 Å². The molecule has 1 aromatic heterocycles. The van der Waals surface area contributed by atoms with Crippen LogP contribution in [0.1, 0.15) is 41.3 Å². The Morgan fingerprint density at radius 2 is 2.04 bits per heavy atom. The number of halogens is 1. The number of fused-ring (bicyclic) bond motifs is 3. The molecular formula is C20H21BrN2O. The van der Waals surface area contributed by atoms with Crippen LogP contribution in [0.5, 0.6) is 0 Å². The maximum Gasteiger partial charge on any atom is 0.0681 e. The van der Waals surface area contributed by atoms with Crippen LogP contribution < -0.4 is 5.32 Å². The molecule has 4 heteroatoms. The zero-order valence-corrected chi connectivity index (χ0v) is 15.1. The number of benzene rings is 2. The molecule has 0 spiro atoms. The molecule has 3 N–H and O–H groups in total. The van der Waals surface area contributed by atoms with Crippen molar-refractivity contribution in [3.05, 3.63) is 69.3 Å². The lowest BCUT2D eigenvalue weighted by Gasteiger charge is -2.24. The van der Waals surface area contributed by atoms with E-state index >= 15 is 0 Å². The number of aliphatic hydroxyl groups is 1. The number of aromatic amines is 1. The summed E-state index contributed by atoms with van der Waals surface area (Å²) in [6.45, 7) is 0.912. The van der Waals surface area contributed by atoms with E-state index in [0.29, 0.717) is 6.04 Å². The molecule has 0 bridgehead atoms. The molecule has 1 aliphatic carbocycles. The summed E-state index contributed by atoms with van der Waals surface area (Å²) in [5.74, 6) is 0. The van der Waals surface area contributed by atoms with Gasteiger partial charge in [0, 0.05) is 33.7 Å². The lowest BCUT2D eigenvalue weighted by atomic mass is 9.91. The summed E-state index contributed by atoms with van der Waals surface area (Å²) in [7, 11) is 0. The van der Waals surface area contributed by atoms with Gasteiger partial charge in [-0.05, 0) is 54.2 Å². The number of nitrogens with one attached hydrogen (secondary N) is 2. The number of hydrogen-bond acceptors (Lipinski definition) is 2. The topological polar surface area (TPSA) is 48.0 Å². The van der Waals surface area contributed by atoms with Crippen LogP contribution in [-0.4, -0.2) is 10.1 Å². The zero-order valence-electron chi connectivity index (χ0n) is 13.5. The fourth-order valence-electron chi connectivity index (χ4n) is 3.72. The van der Waals surface area contributed by atoms with E-state index in [2.05, 4.69) is 56.6 Å². The fourth-order valence-corrected chi connectivity index (χ4v) is 4.08. The molecule has 4 rings (SSSR count). The Balaban J connectivity index is 1.58. The minimum Gasteiger partial charge on any atom is -0.392 e. The molecule has 24 heavy (non-hydrogen) atoms. The van der Waals surface area contributed by atoms with Crippen molar-refractivity contribution in [2.45, 2.75) is 38.5 Å². The molecule has 2 aromatic carbocycles. The van der Waals surface area contributed by atoms with Crippen molar-refractivity contribution in [2.24, 2.45) is 0 Å². The minimum atomic E-state index is 0.0955. The molecular weight excluding hydrogens is 364 g/mol. The van der Waals surface area contributed by atoms with Gasteiger partial charge in [0.05, 0.1) is 6.61 Å². The summed E-state index contributed by atoms with van der Waals surface area (Å²) in [5, 5.41) is 14.3. The van der Waals surface area contributed by atoms with Gasteiger partial charge in [0.1, 0.15) is 0 Å². The summed E-state index contributed by atoms with van der Waals surface area (Å²) in [6, 6.07) is 15.0. The van der Waals surface area contributed by atoms with E-state index < -0.39 is 0 Å². The van der Waals surface area contributed by atoms with Gasteiger partial charge in [-0.15, -0.1) is 0 Å². The highest BCUT2D eigenvalue weighted by molar-refractivity contribution is 9.10. The average Bonchev–Trinajstić information content (AvgIpc) is 2.98. The second kappa shape index (κ2) is 6.71. The van der Waals surface area contributed by atoms with Gasteiger partial charge in [0.25, 0.3) is 0 Å². The first kappa shape index (κ1) is 15.9. The lowest BCUT2D eigenvalue weighted by molar-refractivity contribution is 0.281. The third kappa shape index (κ3) is 3.02. The average molecular weight is 385 g/mol. The van der Waals surface area contributed by atoms with Crippen molar-refractivity contribution in [1.29, 1.82) is 0 Å². The first-order valence-corrected chi connectivity index (χ1v) is 9.26. The van der Waals surface area contributed by atoms with E-state index in [1.807, 2.05) is 12.1 Å². The highest BCUT2D eigenvalue weighted by atomic mass is 79.9. The number of H-pyrrole nitrogens is 1. The van der Waals surface area contributed by atoms with E-state index in [4.69, 9.17) is 0 Å². The molecule has 1 unspecified atom stereocenters. The maximum atomic E-state index is 9.28. The molecule has 124 valence electrons. The lowest BCUT2D eigenvalue weighted by Crippen LogP contribution is -2.24. The Morgan fingerprint density at radius 1 is 1.17 bits per heavy atom.